The van der Waals surface area contributed by atoms with Crippen LogP contribution in [0.25, 0.3) is 32.3 Å². The van der Waals surface area contributed by atoms with Crippen LogP contribution in [0.5, 0.6) is 0 Å². The number of anilines is 1. The third-order valence-corrected chi connectivity index (χ3v) is 6.52. The van der Waals surface area contributed by atoms with Gasteiger partial charge in [0.25, 0.3) is 0 Å². The van der Waals surface area contributed by atoms with Gasteiger partial charge in [0.15, 0.2) is 0 Å². The molecule has 0 radical (unpaired) electrons. The van der Waals surface area contributed by atoms with E-state index in [1.54, 1.807) is 29.3 Å². The van der Waals surface area contributed by atoms with Crippen molar-refractivity contribution >= 4 is 46.4 Å². The van der Waals surface area contributed by atoms with Crippen LogP contribution in [-0.2, 0) is 4.79 Å². The number of hydrogen-bond acceptors (Lipinski definition) is 5. The molecule has 0 atom stereocenters. The van der Waals surface area contributed by atoms with Gasteiger partial charge in [0, 0.05) is 34.2 Å². The second-order valence-corrected chi connectivity index (χ2v) is 8.86. The van der Waals surface area contributed by atoms with E-state index in [4.69, 9.17) is 16.6 Å². The maximum absolute atomic E-state index is 11.5. The van der Waals surface area contributed by atoms with Crippen LogP contribution in [0.4, 0.5) is 5.82 Å². The molecule has 0 bridgehead atoms. The smallest absolute Gasteiger partial charge is 0.222 e. The zero-order valence-electron chi connectivity index (χ0n) is 16.3. The highest BCUT2D eigenvalue weighted by molar-refractivity contribution is 7.98. The van der Waals surface area contributed by atoms with Gasteiger partial charge in [-0.25, -0.2) is 9.97 Å². The molecule has 0 saturated carbocycles. The maximum Gasteiger partial charge on any atom is 0.222 e. The van der Waals surface area contributed by atoms with Crippen LogP contribution >= 0.6 is 34.7 Å². The fourth-order valence-corrected chi connectivity index (χ4v) is 4.70. The third-order valence-electron chi connectivity index (χ3n) is 4.39. The highest BCUT2D eigenvalue weighted by atomic mass is 35.5. The molecule has 4 rings (SSSR count). The zero-order chi connectivity index (χ0) is 21.1. The number of thiazole rings is 1. The lowest BCUT2D eigenvalue weighted by molar-refractivity contribution is -0.114. The number of rotatable bonds is 5. The molecule has 0 aliphatic rings. The molecule has 7 heteroatoms. The number of benzene rings is 2. The molecule has 4 aromatic rings. The summed E-state index contributed by atoms with van der Waals surface area (Å²) in [4.78, 5) is 22.9. The van der Waals surface area contributed by atoms with Crippen molar-refractivity contribution in [1.82, 2.24) is 9.97 Å². The van der Waals surface area contributed by atoms with Gasteiger partial charge in [0.2, 0.25) is 5.91 Å². The van der Waals surface area contributed by atoms with Crippen LogP contribution in [0.2, 0.25) is 5.02 Å². The number of thioether (sulfide) groups is 1. The van der Waals surface area contributed by atoms with Crippen molar-refractivity contribution in [3.8, 4) is 32.3 Å². The third kappa shape index (κ3) is 4.56. The monoisotopic (exact) mass is 451 g/mol. The number of nitrogens with zero attached hydrogens (tertiary/aromatic N) is 2. The van der Waals surface area contributed by atoms with Crippen LogP contribution in [0.15, 0.2) is 71.8 Å². The number of halogens is 1. The van der Waals surface area contributed by atoms with Gasteiger partial charge in [-0.3, -0.25) is 4.79 Å². The Hall–Kier alpha value is -2.67. The number of carbonyl (C=O) groups is 1. The molecule has 2 heterocycles. The first kappa shape index (κ1) is 20.6. The van der Waals surface area contributed by atoms with Crippen LogP contribution < -0.4 is 5.32 Å². The highest BCUT2D eigenvalue weighted by Gasteiger charge is 2.17. The molecule has 0 saturated heterocycles. The molecule has 1 amide bonds. The predicted molar refractivity (Wildman–Crippen MR) is 127 cm³/mol. The Labute approximate surface area is 188 Å². The minimum atomic E-state index is -0.156. The van der Waals surface area contributed by atoms with E-state index in [9.17, 15) is 4.79 Å². The lowest BCUT2D eigenvalue weighted by atomic mass is 10.1. The van der Waals surface area contributed by atoms with Crippen molar-refractivity contribution in [2.45, 2.75) is 11.8 Å². The average molecular weight is 452 g/mol. The summed E-state index contributed by atoms with van der Waals surface area (Å²) < 4.78 is 0. The molecular formula is C23H18ClN3OS2. The van der Waals surface area contributed by atoms with Crippen molar-refractivity contribution in [3.05, 3.63) is 71.9 Å². The zero-order valence-corrected chi connectivity index (χ0v) is 18.7. The predicted octanol–water partition coefficient (Wildman–Crippen LogP) is 6.87. The molecule has 0 fully saturated rings. The molecule has 0 aliphatic carbocycles. The van der Waals surface area contributed by atoms with E-state index < -0.39 is 0 Å². The molecule has 150 valence electrons. The minimum Gasteiger partial charge on any atom is -0.311 e. The van der Waals surface area contributed by atoms with Crippen molar-refractivity contribution in [2.24, 2.45) is 0 Å². The fourth-order valence-electron chi connectivity index (χ4n) is 3.03. The molecule has 0 spiro atoms. The van der Waals surface area contributed by atoms with Crippen molar-refractivity contribution in [1.29, 1.82) is 0 Å². The SMILES string of the molecule is CSc1ccc(-c2nc(-c3cccc(Cl)c3)sc2-c2ccnc(NC(C)=O)c2)cc1. The first-order valence-corrected chi connectivity index (χ1v) is 11.6. The Morgan fingerprint density at radius 1 is 1.03 bits per heavy atom. The Balaban J connectivity index is 1.86. The molecule has 0 aliphatic heterocycles. The first-order chi connectivity index (χ1) is 14.5. The second kappa shape index (κ2) is 9.00. The van der Waals surface area contributed by atoms with Crippen molar-refractivity contribution in [2.75, 3.05) is 11.6 Å². The van der Waals surface area contributed by atoms with E-state index in [0.717, 1.165) is 32.3 Å². The Morgan fingerprint density at radius 3 is 2.53 bits per heavy atom. The molecule has 2 aromatic heterocycles. The van der Waals surface area contributed by atoms with E-state index in [-0.39, 0.29) is 5.91 Å². The van der Waals surface area contributed by atoms with E-state index in [2.05, 4.69) is 40.8 Å². The Kier molecular flexibility index (Phi) is 6.18. The normalized spacial score (nSPS) is 10.8. The number of aromatic nitrogens is 2. The first-order valence-electron chi connectivity index (χ1n) is 9.18. The largest absolute Gasteiger partial charge is 0.311 e. The number of amides is 1. The van der Waals surface area contributed by atoms with Gasteiger partial charge >= 0.3 is 0 Å². The Bertz CT molecular complexity index is 1210. The van der Waals surface area contributed by atoms with E-state index in [1.807, 2.05) is 36.4 Å². The maximum atomic E-state index is 11.5. The van der Waals surface area contributed by atoms with Crippen molar-refractivity contribution < 1.29 is 4.79 Å². The second-order valence-electron chi connectivity index (χ2n) is 6.55. The van der Waals surface area contributed by atoms with Gasteiger partial charge in [-0.15, -0.1) is 23.1 Å². The summed E-state index contributed by atoms with van der Waals surface area (Å²) in [7, 11) is 0. The average Bonchev–Trinajstić information content (AvgIpc) is 3.19. The minimum absolute atomic E-state index is 0.156. The van der Waals surface area contributed by atoms with Gasteiger partial charge in [0.1, 0.15) is 10.8 Å². The number of nitrogens with one attached hydrogen (secondary N) is 1. The topological polar surface area (TPSA) is 54.9 Å². The number of carbonyl (C=O) groups excluding carboxylic acids is 1. The number of pyridine rings is 1. The molecule has 1 N–H and O–H groups in total. The molecule has 0 unspecified atom stereocenters. The summed E-state index contributed by atoms with van der Waals surface area (Å²) in [6.07, 6.45) is 3.75. The van der Waals surface area contributed by atoms with Gasteiger partial charge in [-0.2, -0.15) is 0 Å². The summed E-state index contributed by atoms with van der Waals surface area (Å²) in [5.74, 6) is 0.359. The van der Waals surface area contributed by atoms with Crippen LogP contribution in [0, 0.1) is 0 Å². The lowest BCUT2D eigenvalue weighted by Gasteiger charge is -2.06. The van der Waals surface area contributed by atoms with Crippen LogP contribution in [0.3, 0.4) is 0 Å². The van der Waals surface area contributed by atoms with E-state index in [1.165, 1.54) is 11.8 Å². The van der Waals surface area contributed by atoms with Gasteiger partial charge in [-0.05, 0) is 48.2 Å². The lowest BCUT2D eigenvalue weighted by Crippen LogP contribution is -2.07. The Morgan fingerprint density at radius 2 is 1.83 bits per heavy atom. The summed E-state index contributed by atoms with van der Waals surface area (Å²) in [6, 6.07) is 19.9. The van der Waals surface area contributed by atoms with Crippen LogP contribution in [-0.4, -0.2) is 22.1 Å². The van der Waals surface area contributed by atoms with E-state index >= 15 is 0 Å². The van der Waals surface area contributed by atoms with Crippen LogP contribution in [0.1, 0.15) is 6.92 Å². The van der Waals surface area contributed by atoms with Gasteiger partial charge in [0.05, 0.1) is 10.6 Å². The summed E-state index contributed by atoms with van der Waals surface area (Å²) in [5.41, 5.74) is 3.84. The fraction of sp³-hybridized carbons (Fsp3) is 0.0870. The molecule has 4 nitrogen and oxygen atoms in total. The van der Waals surface area contributed by atoms with E-state index in [0.29, 0.717) is 10.8 Å². The standard InChI is InChI=1S/C23H18ClN3OS2/c1-14(28)26-20-13-16(10-11-25-20)22-21(15-6-8-19(29-2)9-7-15)27-23(30-22)17-4-3-5-18(24)12-17/h3-13H,1-2H3,(H,25,26,28). The molecule has 2 aromatic carbocycles. The van der Waals surface area contributed by atoms with Crippen molar-refractivity contribution in [3.63, 3.8) is 0 Å². The summed E-state index contributed by atoms with van der Waals surface area (Å²) >= 11 is 9.50. The van der Waals surface area contributed by atoms with Gasteiger partial charge in [-0.1, -0.05) is 35.9 Å². The summed E-state index contributed by atoms with van der Waals surface area (Å²) in [5, 5.41) is 4.31. The number of hydrogen-bond donors (Lipinski definition) is 1. The highest BCUT2D eigenvalue weighted by Crippen LogP contribution is 2.41. The molecular weight excluding hydrogens is 434 g/mol. The quantitative estimate of drug-likeness (QED) is 0.336. The molecule has 30 heavy (non-hydrogen) atoms. The summed E-state index contributed by atoms with van der Waals surface area (Å²) in [6.45, 7) is 1.47. The van der Waals surface area contributed by atoms with Gasteiger partial charge < -0.3 is 5.32 Å².